The van der Waals surface area contributed by atoms with Gasteiger partial charge in [0, 0.05) is 13.1 Å². The molecule has 0 saturated heterocycles. The lowest BCUT2D eigenvalue weighted by Gasteiger charge is -2.23. The van der Waals surface area contributed by atoms with E-state index in [9.17, 15) is 0 Å². The van der Waals surface area contributed by atoms with Crippen LogP contribution in [0, 0.1) is 0 Å². The van der Waals surface area contributed by atoms with E-state index >= 15 is 0 Å². The normalized spacial score (nSPS) is 10.5. The summed E-state index contributed by atoms with van der Waals surface area (Å²) in [6.45, 7) is 6.35. The van der Waals surface area contributed by atoms with Crippen molar-refractivity contribution in [2.24, 2.45) is 0 Å². The molecule has 5 nitrogen and oxygen atoms in total. The van der Waals surface area contributed by atoms with Crippen LogP contribution in [0.3, 0.4) is 0 Å². The molecule has 108 valence electrons. The first-order chi connectivity index (χ1) is 9.22. The predicted molar refractivity (Wildman–Crippen MR) is 78.6 cm³/mol. The van der Waals surface area contributed by atoms with Crippen LogP contribution in [0.15, 0.2) is 12.1 Å². The van der Waals surface area contributed by atoms with E-state index in [0.717, 1.165) is 31.6 Å². The van der Waals surface area contributed by atoms with E-state index < -0.39 is 0 Å². The van der Waals surface area contributed by atoms with Gasteiger partial charge in [-0.05, 0) is 25.0 Å². The Labute approximate surface area is 115 Å². The lowest BCUT2D eigenvalue weighted by atomic mass is 10.3. The molecule has 19 heavy (non-hydrogen) atoms. The van der Waals surface area contributed by atoms with Crippen LogP contribution in [0.25, 0.3) is 0 Å². The molecule has 0 aliphatic rings. The third-order valence-electron chi connectivity index (χ3n) is 2.79. The number of nitrogens with zero attached hydrogens (tertiary/aromatic N) is 2. The molecule has 0 unspecified atom stereocenters. The minimum Gasteiger partial charge on any atom is -0.476 e. The van der Waals surface area contributed by atoms with Crippen LogP contribution in [0.2, 0.25) is 0 Å². The molecule has 1 aromatic heterocycles. The van der Waals surface area contributed by atoms with Crippen molar-refractivity contribution in [2.45, 2.75) is 33.1 Å². The quantitative estimate of drug-likeness (QED) is 0.716. The number of pyridine rings is 1. The topological polar surface area (TPSA) is 71.6 Å². The number of nitrogens with two attached hydrogens (primary N) is 1. The third-order valence-corrected chi connectivity index (χ3v) is 2.79. The molecule has 1 heterocycles. The van der Waals surface area contributed by atoms with Crippen LogP contribution in [0.5, 0.6) is 5.88 Å². The molecule has 0 fully saturated rings. The monoisotopic (exact) mass is 267 g/mol. The maximum atomic E-state index is 9.14. The summed E-state index contributed by atoms with van der Waals surface area (Å²) in [5, 5.41) is 9.14. The van der Waals surface area contributed by atoms with Gasteiger partial charge in [0.2, 0.25) is 5.88 Å². The average molecular weight is 267 g/mol. The van der Waals surface area contributed by atoms with E-state index in [-0.39, 0.29) is 6.61 Å². The van der Waals surface area contributed by atoms with E-state index in [4.69, 9.17) is 15.6 Å². The summed E-state index contributed by atoms with van der Waals surface area (Å²) in [5.41, 5.74) is 6.40. The highest BCUT2D eigenvalue weighted by atomic mass is 16.5. The number of aliphatic hydroxyl groups excluding tert-OH is 1. The van der Waals surface area contributed by atoms with Crippen molar-refractivity contribution in [3.63, 3.8) is 0 Å². The smallest absolute Gasteiger partial charge is 0.239 e. The number of anilines is 2. The number of hydrogen-bond acceptors (Lipinski definition) is 5. The molecule has 0 bridgehead atoms. The maximum absolute atomic E-state index is 9.14. The Morgan fingerprint density at radius 1 is 1.26 bits per heavy atom. The molecule has 0 aliphatic carbocycles. The molecular formula is C14H25N3O2. The van der Waals surface area contributed by atoms with E-state index in [1.807, 2.05) is 19.1 Å². The second-order valence-corrected chi connectivity index (χ2v) is 4.48. The summed E-state index contributed by atoms with van der Waals surface area (Å²) < 4.78 is 5.53. The predicted octanol–water partition coefficient (Wildman–Crippen LogP) is 2.05. The molecule has 0 amide bonds. The van der Waals surface area contributed by atoms with Crippen LogP contribution in [-0.2, 0) is 0 Å². The molecule has 1 rings (SSSR count). The number of nitrogen functional groups attached to an aromatic ring is 1. The van der Waals surface area contributed by atoms with Gasteiger partial charge in [0.05, 0.1) is 18.9 Å². The van der Waals surface area contributed by atoms with Crippen molar-refractivity contribution in [2.75, 3.05) is 36.9 Å². The molecule has 0 spiro atoms. The first-order valence-electron chi connectivity index (χ1n) is 6.98. The Kier molecular flexibility index (Phi) is 7.03. The van der Waals surface area contributed by atoms with Gasteiger partial charge in [-0.3, -0.25) is 0 Å². The zero-order chi connectivity index (χ0) is 14.1. The first kappa shape index (κ1) is 15.6. The minimum atomic E-state index is 0.112. The highest BCUT2D eigenvalue weighted by molar-refractivity contribution is 5.54. The van der Waals surface area contributed by atoms with Crippen molar-refractivity contribution in [3.05, 3.63) is 12.1 Å². The summed E-state index contributed by atoms with van der Waals surface area (Å²) in [6, 6.07) is 3.68. The standard InChI is InChI=1S/C14H25N3O2/c1-3-5-8-17(9-10-18)13-7-6-12(15)14(16-13)19-11-4-2/h6-7,18H,3-5,8-11,15H2,1-2H3. The van der Waals surface area contributed by atoms with E-state index in [0.29, 0.717) is 24.7 Å². The van der Waals surface area contributed by atoms with Crippen LogP contribution in [0.4, 0.5) is 11.5 Å². The molecule has 1 aromatic rings. The second-order valence-electron chi connectivity index (χ2n) is 4.48. The van der Waals surface area contributed by atoms with Gasteiger partial charge in [0.1, 0.15) is 5.82 Å². The maximum Gasteiger partial charge on any atom is 0.239 e. The van der Waals surface area contributed by atoms with Gasteiger partial charge < -0.3 is 20.5 Å². The van der Waals surface area contributed by atoms with Crippen molar-refractivity contribution >= 4 is 11.5 Å². The van der Waals surface area contributed by atoms with Gasteiger partial charge in [0.15, 0.2) is 0 Å². The van der Waals surface area contributed by atoms with E-state index in [1.54, 1.807) is 0 Å². The van der Waals surface area contributed by atoms with Crippen LogP contribution in [0.1, 0.15) is 33.1 Å². The third kappa shape index (κ3) is 4.95. The lowest BCUT2D eigenvalue weighted by Crippen LogP contribution is -2.28. The number of aromatic nitrogens is 1. The van der Waals surface area contributed by atoms with Crippen molar-refractivity contribution in [3.8, 4) is 5.88 Å². The van der Waals surface area contributed by atoms with Gasteiger partial charge in [-0.2, -0.15) is 4.98 Å². The fourth-order valence-corrected chi connectivity index (χ4v) is 1.74. The van der Waals surface area contributed by atoms with Crippen LogP contribution in [-0.4, -0.2) is 36.4 Å². The van der Waals surface area contributed by atoms with Crippen molar-refractivity contribution < 1.29 is 9.84 Å². The first-order valence-corrected chi connectivity index (χ1v) is 6.98. The summed E-state index contributed by atoms with van der Waals surface area (Å²) in [4.78, 5) is 6.51. The Morgan fingerprint density at radius 3 is 2.68 bits per heavy atom. The minimum absolute atomic E-state index is 0.112. The van der Waals surface area contributed by atoms with Crippen LogP contribution >= 0.6 is 0 Å². The summed E-state index contributed by atoms with van der Waals surface area (Å²) >= 11 is 0. The van der Waals surface area contributed by atoms with E-state index in [1.165, 1.54) is 0 Å². The second kappa shape index (κ2) is 8.58. The molecular weight excluding hydrogens is 242 g/mol. The summed E-state index contributed by atoms with van der Waals surface area (Å²) in [5.74, 6) is 1.29. The highest BCUT2D eigenvalue weighted by Gasteiger charge is 2.10. The molecule has 0 saturated carbocycles. The van der Waals surface area contributed by atoms with Gasteiger partial charge in [-0.15, -0.1) is 0 Å². The molecule has 0 atom stereocenters. The zero-order valence-corrected chi connectivity index (χ0v) is 11.9. The Hall–Kier alpha value is -1.49. The van der Waals surface area contributed by atoms with Crippen LogP contribution < -0.4 is 15.4 Å². The lowest BCUT2D eigenvalue weighted by molar-refractivity contribution is 0.298. The van der Waals surface area contributed by atoms with Gasteiger partial charge in [0.25, 0.3) is 0 Å². The Balaban J connectivity index is 2.83. The van der Waals surface area contributed by atoms with Gasteiger partial charge >= 0.3 is 0 Å². The largest absolute Gasteiger partial charge is 0.476 e. The SMILES string of the molecule is CCCCN(CCO)c1ccc(N)c(OCCC)n1. The molecule has 0 aliphatic heterocycles. The summed E-state index contributed by atoms with van der Waals surface area (Å²) in [6.07, 6.45) is 3.09. The van der Waals surface area contributed by atoms with Gasteiger partial charge in [-0.25, -0.2) is 0 Å². The van der Waals surface area contributed by atoms with Crippen molar-refractivity contribution in [1.82, 2.24) is 4.98 Å². The Morgan fingerprint density at radius 2 is 2.05 bits per heavy atom. The highest BCUT2D eigenvalue weighted by Crippen LogP contribution is 2.23. The van der Waals surface area contributed by atoms with Crippen molar-refractivity contribution in [1.29, 1.82) is 0 Å². The number of hydrogen-bond donors (Lipinski definition) is 2. The van der Waals surface area contributed by atoms with E-state index in [2.05, 4.69) is 16.8 Å². The molecule has 0 aromatic carbocycles. The number of aliphatic hydroxyl groups is 1. The molecule has 0 radical (unpaired) electrons. The molecule has 5 heteroatoms. The Bertz CT molecular complexity index is 372. The zero-order valence-electron chi connectivity index (χ0n) is 11.9. The number of rotatable bonds is 9. The number of ether oxygens (including phenoxy) is 1. The fraction of sp³-hybridized carbons (Fsp3) is 0.643. The molecule has 3 N–H and O–H groups in total. The van der Waals surface area contributed by atoms with Gasteiger partial charge in [-0.1, -0.05) is 20.3 Å². The fourth-order valence-electron chi connectivity index (χ4n) is 1.74. The summed E-state index contributed by atoms with van der Waals surface area (Å²) in [7, 11) is 0. The average Bonchev–Trinajstić information content (AvgIpc) is 2.43. The number of unbranched alkanes of at least 4 members (excludes halogenated alkanes) is 1.